The van der Waals surface area contributed by atoms with E-state index in [0.29, 0.717) is 26.2 Å². The summed E-state index contributed by atoms with van der Waals surface area (Å²) in [4.78, 5) is 18.6. The number of carbonyl (C=O) groups excluding carboxylic acids is 1. The van der Waals surface area contributed by atoms with Crippen LogP contribution < -0.4 is 15.5 Å². The van der Waals surface area contributed by atoms with E-state index in [2.05, 4.69) is 27.4 Å². The molecule has 8 heteroatoms. The molecule has 0 aliphatic carbocycles. The van der Waals surface area contributed by atoms with E-state index < -0.39 is 0 Å². The van der Waals surface area contributed by atoms with Crippen LogP contribution in [0.15, 0.2) is 18.3 Å². The van der Waals surface area contributed by atoms with Crippen molar-refractivity contribution in [3.8, 4) is 0 Å². The zero-order valence-electron chi connectivity index (χ0n) is 15.0. The number of carbonyl (C=O) groups is 1. The molecule has 2 N–H and O–H groups in total. The Balaban J connectivity index is 0.00000288. The molecule has 0 aromatic carbocycles. The van der Waals surface area contributed by atoms with Gasteiger partial charge in [0.15, 0.2) is 0 Å². The molecule has 2 rings (SSSR count). The molecule has 2 heterocycles. The molecule has 0 bridgehead atoms. The number of hydrogen-bond acceptors (Lipinski definition) is 5. The van der Waals surface area contributed by atoms with Crippen molar-refractivity contribution >= 4 is 36.5 Å². The molecule has 1 aliphatic rings. The number of ether oxygens (including phenoxy) is 1. The highest BCUT2D eigenvalue weighted by Gasteiger charge is 2.16. The summed E-state index contributed by atoms with van der Waals surface area (Å²) in [6.07, 6.45) is 4.32. The van der Waals surface area contributed by atoms with Crippen molar-refractivity contribution in [3.05, 3.63) is 23.9 Å². The van der Waals surface area contributed by atoms with Gasteiger partial charge in [0.1, 0.15) is 5.82 Å². The molecule has 1 fully saturated rings. The number of hydrogen-bond donors (Lipinski definition) is 2. The lowest BCUT2D eigenvalue weighted by Crippen LogP contribution is -2.35. The molecule has 1 saturated heterocycles. The van der Waals surface area contributed by atoms with Gasteiger partial charge in [0.05, 0.1) is 13.2 Å². The topological polar surface area (TPSA) is 66.5 Å². The van der Waals surface area contributed by atoms with Crippen LogP contribution in [0.3, 0.4) is 0 Å². The second-order valence-electron chi connectivity index (χ2n) is 6.14. The largest absolute Gasteiger partial charge is 0.383 e. The van der Waals surface area contributed by atoms with Gasteiger partial charge in [-0.3, -0.25) is 4.79 Å². The first-order chi connectivity index (χ1) is 11.2. The normalized spacial score (nSPS) is 14.4. The molecular formula is C17H30Cl2N4O2. The standard InChI is InChI=1S/C17H28N4O2.2ClH/c1-14-5-8-21(9-6-14)16-4-3-15(11-19-16)12-20-17(22)13-18-7-10-23-2;;/h3-4,11,14,18H,5-10,12-13H2,1-2H3,(H,20,22);2*1H. The fourth-order valence-corrected chi connectivity index (χ4v) is 2.59. The van der Waals surface area contributed by atoms with E-state index >= 15 is 0 Å². The summed E-state index contributed by atoms with van der Waals surface area (Å²) in [6, 6.07) is 4.09. The van der Waals surface area contributed by atoms with Crippen LogP contribution in [0, 0.1) is 5.92 Å². The molecule has 25 heavy (non-hydrogen) atoms. The first-order valence-electron chi connectivity index (χ1n) is 8.35. The summed E-state index contributed by atoms with van der Waals surface area (Å²) in [5, 5.41) is 5.90. The summed E-state index contributed by atoms with van der Waals surface area (Å²) in [7, 11) is 1.64. The Kier molecular flexibility index (Phi) is 12.6. The molecule has 0 unspecified atom stereocenters. The van der Waals surface area contributed by atoms with Crippen LogP contribution in [0.1, 0.15) is 25.3 Å². The second-order valence-corrected chi connectivity index (χ2v) is 6.14. The van der Waals surface area contributed by atoms with Gasteiger partial charge in [-0.15, -0.1) is 24.8 Å². The molecular weight excluding hydrogens is 363 g/mol. The van der Waals surface area contributed by atoms with E-state index in [1.54, 1.807) is 7.11 Å². The van der Waals surface area contributed by atoms with Gasteiger partial charge < -0.3 is 20.3 Å². The van der Waals surface area contributed by atoms with Gasteiger partial charge in [-0.25, -0.2) is 4.98 Å². The van der Waals surface area contributed by atoms with Crippen LogP contribution in [0.2, 0.25) is 0 Å². The van der Waals surface area contributed by atoms with Gasteiger partial charge in [-0.2, -0.15) is 0 Å². The van der Waals surface area contributed by atoms with Crippen molar-refractivity contribution in [2.75, 3.05) is 44.8 Å². The molecule has 0 atom stereocenters. The zero-order chi connectivity index (χ0) is 16.5. The van der Waals surface area contributed by atoms with Crippen LogP contribution >= 0.6 is 24.8 Å². The van der Waals surface area contributed by atoms with Crippen LogP contribution in [0.25, 0.3) is 0 Å². The average Bonchev–Trinajstić information content (AvgIpc) is 2.58. The molecule has 144 valence electrons. The minimum atomic E-state index is -0.0183. The molecule has 1 aromatic heterocycles. The zero-order valence-corrected chi connectivity index (χ0v) is 16.6. The van der Waals surface area contributed by atoms with Crippen LogP contribution in [-0.2, 0) is 16.1 Å². The second kappa shape index (κ2) is 13.2. The maximum absolute atomic E-state index is 11.7. The van der Waals surface area contributed by atoms with Gasteiger partial charge in [0.25, 0.3) is 0 Å². The highest BCUT2D eigenvalue weighted by atomic mass is 35.5. The third-order valence-electron chi connectivity index (χ3n) is 4.17. The van der Waals surface area contributed by atoms with Crippen LogP contribution in [0.4, 0.5) is 5.82 Å². The molecule has 0 saturated carbocycles. The molecule has 1 aliphatic heterocycles. The summed E-state index contributed by atoms with van der Waals surface area (Å²) < 4.78 is 4.91. The number of pyridine rings is 1. The third kappa shape index (κ3) is 8.72. The Labute approximate surface area is 162 Å². The third-order valence-corrected chi connectivity index (χ3v) is 4.17. The predicted octanol–water partition coefficient (Wildman–Crippen LogP) is 2.01. The smallest absolute Gasteiger partial charge is 0.234 e. The van der Waals surface area contributed by atoms with E-state index in [-0.39, 0.29) is 30.7 Å². The van der Waals surface area contributed by atoms with Crippen molar-refractivity contribution in [1.29, 1.82) is 0 Å². The Morgan fingerprint density at radius 1 is 1.32 bits per heavy atom. The quantitative estimate of drug-likeness (QED) is 0.662. The van der Waals surface area contributed by atoms with Crippen molar-refractivity contribution in [1.82, 2.24) is 15.6 Å². The average molecular weight is 393 g/mol. The van der Waals surface area contributed by atoms with Gasteiger partial charge in [-0.1, -0.05) is 13.0 Å². The number of piperidine rings is 1. The maximum Gasteiger partial charge on any atom is 0.234 e. The lowest BCUT2D eigenvalue weighted by molar-refractivity contribution is -0.120. The number of halogens is 2. The van der Waals surface area contributed by atoms with E-state index in [9.17, 15) is 4.79 Å². The number of rotatable bonds is 8. The number of nitrogens with one attached hydrogen (secondary N) is 2. The Bertz CT molecular complexity index is 480. The minimum Gasteiger partial charge on any atom is -0.383 e. The minimum absolute atomic E-state index is 0. The Morgan fingerprint density at radius 3 is 2.64 bits per heavy atom. The van der Waals surface area contributed by atoms with Gasteiger partial charge in [-0.05, 0) is 30.4 Å². The van der Waals surface area contributed by atoms with Crippen LogP contribution in [0.5, 0.6) is 0 Å². The number of aromatic nitrogens is 1. The fourth-order valence-electron chi connectivity index (χ4n) is 2.59. The predicted molar refractivity (Wildman–Crippen MR) is 106 cm³/mol. The Hall–Kier alpha value is -1.08. The van der Waals surface area contributed by atoms with E-state index in [1.807, 2.05) is 18.3 Å². The molecule has 0 spiro atoms. The van der Waals surface area contributed by atoms with Crippen molar-refractivity contribution in [2.24, 2.45) is 5.92 Å². The monoisotopic (exact) mass is 392 g/mol. The maximum atomic E-state index is 11.7. The van der Waals surface area contributed by atoms with Crippen LogP contribution in [-0.4, -0.2) is 50.8 Å². The summed E-state index contributed by atoms with van der Waals surface area (Å²) in [5.41, 5.74) is 1.02. The first kappa shape index (κ1) is 23.9. The summed E-state index contributed by atoms with van der Waals surface area (Å²) in [6.45, 7) is 6.56. The summed E-state index contributed by atoms with van der Waals surface area (Å²) >= 11 is 0. The lowest BCUT2D eigenvalue weighted by atomic mass is 9.99. The van der Waals surface area contributed by atoms with E-state index in [1.165, 1.54) is 12.8 Å². The van der Waals surface area contributed by atoms with Gasteiger partial charge in [0.2, 0.25) is 5.91 Å². The number of anilines is 1. The van der Waals surface area contributed by atoms with Crippen molar-refractivity contribution in [3.63, 3.8) is 0 Å². The number of nitrogens with zero attached hydrogens (tertiary/aromatic N) is 2. The van der Waals surface area contributed by atoms with Gasteiger partial charge in [0, 0.05) is 39.5 Å². The summed E-state index contributed by atoms with van der Waals surface area (Å²) in [5.74, 6) is 1.83. The van der Waals surface area contributed by atoms with E-state index in [0.717, 1.165) is 30.4 Å². The van der Waals surface area contributed by atoms with Gasteiger partial charge >= 0.3 is 0 Å². The van der Waals surface area contributed by atoms with E-state index in [4.69, 9.17) is 4.74 Å². The molecule has 6 nitrogen and oxygen atoms in total. The van der Waals surface area contributed by atoms with Crippen molar-refractivity contribution < 1.29 is 9.53 Å². The fraction of sp³-hybridized carbons (Fsp3) is 0.647. The Morgan fingerprint density at radius 2 is 2.04 bits per heavy atom. The molecule has 0 radical (unpaired) electrons. The number of amides is 1. The SMILES string of the molecule is COCCNCC(=O)NCc1ccc(N2CCC(C)CC2)nc1.Cl.Cl. The van der Waals surface area contributed by atoms with Crippen molar-refractivity contribution in [2.45, 2.75) is 26.3 Å². The molecule has 1 amide bonds. The lowest BCUT2D eigenvalue weighted by Gasteiger charge is -2.31. The highest BCUT2D eigenvalue weighted by molar-refractivity contribution is 5.85. The highest BCUT2D eigenvalue weighted by Crippen LogP contribution is 2.21. The first-order valence-corrected chi connectivity index (χ1v) is 8.35. The molecule has 1 aromatic rings. The number of methoxy groups -OCH3 is 1.